The summed E-state index contributed by atoms with van der Waals surface area (Å²) in [5.41, 5.74) is 6.49. The first-order valence-corrected chi connectivity index (χ1v) is 5.75. The number of anilines is 1. The number of aromatic nitrogens is 1. The van der Waals surface area contributed by atoms with Gasteiger partial charge >= 0.3 is 6.18 Å². The third-order valence-corrected chi connectivity index (χ3v) is 2.56. The average molecular weight is 261 g/mol. The van der Waals surface area contributed by atoms with Crippen molar-refractivity contribution in [1.82, 2.24) is 4.98 Å². The maximum Gasteiger partial charge on any atom is 0.405 e. The van der Waals surface area contributed by atoms with E-state index in [9.17, 15) is 13.2 Å². The molecule has 0 spiro atoms. The van der Waals surface area contributed by atoms with E-state index in [1.54, 1.807) is 32.9 Å². The molecular formula is C12H18F3N3. The largest absolute Gasteiger partial charge is 0.405 e. The van der Waals surface area contributed by atoms with Crippen LogP contribution in [-0.4, -0.2) is 23.7 Å². The Hall–Kier alpha value is -1.30. The number of rotatable bonds is 4. The standard InChI is InChI=1S/C12H18F3N3/c1-8(2)18(7-12(13,14)15)11-6-10(9(3)16)4-5-17-11/h4-6,8-9H,7,16H2,1-3H3/t9-/m1/s1. The fourth-order valence-electron chi connectivity index (χ4n) is 1.60. The van der Waals surface area contributed by atoms with Crippen molar-refractivity contribution in [3.05, 3.63) is 23.9 Å². The van der Waals surface area contributed by atoms with Crippen LogP contribution in [0.2, 0.25) is 0 Å². The lowest BCUT2D eigenvalue weighted by molar-refractivity contribution is -0.120. The molecule has 18 heavy (non-hydrogen) atoms. The van der Waals surface area contributed by atoms with Crippen molar-refractivity contribution in [3.8, 4) is 0 Å². The molecule has 2 N–H and O–H groups in total. The van der Waals surface area contributed by atoms with Crippen molar-refractivity contribution in [2.75, 3.05) is 11.4 Å². The zero-order chi connectivity index (χ0) is 13.9. The molecule has 1 atom stereocenters. The van der Waals surface area contributed by atoms with Gasteiger partial charge in [-0.05, 0) is 38.5 Å². The topological polar surface area (TPSA) is 42.1 Å². The van der Waals surface area contributed by atoms with Crippen LogP contribution < -0.4 is 10.6 Å². The van der Waals surface area contributed by atoms with Crippen LogP contribution >= 0.6 is 0 Å². The lowest BCUT2D eigenvalue weighted by Gasteiger charge is -2.29. The van der Waals surface area contributed by atoms with E-state index < -0.39 is 12.7 Å². The number of pyridine rings is 1. The summed E-state index contributed by atoms with van der Waals surface area (Å²) < 4.78 is 37.6. The molecule has 0 radical (unpaired) electrons. The van der Waals surface area contributed by atoms with Crippen LogP contribution in [0.5, 0.6) is 0 Å². The summed E-state index contributed by atoms with van der Waals surface area (Å²) in [7, 11) is 0. The summed E-state index contributed by atoms with van der Waals surface area (Å²) in [6.45, 7) is 4.17. The van der Waals surface area contributed by atoms with Gasteiger partial charge in [0.2, 0.25) is 0 Å². The molecule has 3 nitrogen and oxygen atoms in total. The van der Waals surface area contributed by atoms with E-state index in [-0.39, 0.29) is 12.1 Å². The van der Waals surface area contributed by atoms with E-state index in [0.29, 0.717) is 5.82 Å². The monoisotopic (exact) mass is 261 g/mol. The van der Waals surface area contributed by atoms with E-state index in [1.807, 2.05) is 0 Å². The second-order valence-electron chi connectivity index (χ2n) is 4.57. The summed E-state index contributed by atoms with van der Waals surface area (Å²) >= 11 is 0. The third kappa shape index (κ3) is 4.18. The summed E-state index contributed by atoms with van der Waals surface area (Å²) in [5.74, 6) is 0.303. The molecule has 0 aromatic carbocycles. The number of halogens is 3. The Morgan fingerprint density at radius 1 is 1.33 bits per heavy atom. The van der Waals surface area contributed by atoms with Crippen LogP contribution in [0, 0.1) is 0 Å². The van der Waals surface area contributed by atoms with Gasteiger partial charge in [-0.1, -0.05) is 0 Å². The van der Waals surface area contributed by atoms with Gasteiger partial charge < -0.3 is 10.6 Å². The van der Waals surface area contributed by atoms with Gasteiger partial charge in [-0.25, -0.2) is 4.98 Å². The summed E-state index contributed by atoms with van der Waals surface area (Å²) in [6, 6.07) is 2.80. The van der Waals surface area contributed by atoms with Crippen LogP contribution in [0.4, 0.5) is 19.0 Å². The van der Waals surface area contributed by atoms with Gasteiger partial charge in [-0.15, -0.1) is 0 Å². The Bertz CT molecular complexity index is 388. The maximum absolute atomic E-state index is 12.5. The minimum absolute atomic E-state index is 0.230. The Balaban J connectivity index is 3.02. The van der Waals surface area contributed by atoms with Crippen molar-refractivity contribution in [3.63, 3.8) is 0 Å². The molecule has 0 aliphatic heterocycles. The highest BCUT2D eigenvalue weighted by molar-refractivity contribution is 5.42. The molecule has 0 saturated carbocycles. The Morgan fingerprint density at radius 3 is 2.39 bits per heavy atom. The molecule has 1 rings (SSSR count). The predicted octanol–water partition coefficient (Wildman–Crippen LogP) is 2.88. The number of alkyl halides is 3. The molecule has 1 aromatic heterocycles. The fraction of sp³-hybridized carbons (Fsp3) is 0.583. The van der Waals surface area contributed by atoms with Crippen LogP contribution in [-0.2, 0) is 0 Å². The molecular weight excluding hydrogens is 243 g/mol. The second kappa shape index (κ2) is 5.56. The highest BCUT2D eigenvalue weighted by atomic mass is 19.4. The van der Waals surface area contributed by atoms with Gasteiger partial charge in [0.15, 0.2) is 0 Å². The Kier molecular flexibility index (Phi) is 4.56. The Labute approximate surface area is 105 Å². The number of hydrogen-bond acceptors (Lipinski definition) is 3. The predicted molar refractivity (Wildman–Crippen MR) is 65.4 cm³/mol. The van der Waals surface area contributed by atoms with Crippen molar-refractivity contribution >= 4 is 5.82 Å². The van der Waals surface area contributed by atoms with E-state index in [0.717, 1.165) is 5.56 Å². The average Bonchev–Trinajstić information content (AvgIpc) is 2.24. The van der Waals surface area contributed by atoms with Gasteiger partial charge in [0.1, 0.15) is 12.4 Å². The zero-order valence-corrected chi connectivity index (χ0v) is 10.7. The third-order valence-electron chi connectivity index (χ3n) is 2.56. The first-order chi connectivity index (χ1) is 8.20. The van der Waals surface area contributed by atoms with Gasteiger partial charge in [0, 0.05) is 18.3 Å². The molecule has 0 aliphatic carbocycles. The number of nitrogens with zero attached hydrogens (tertiary/aromatic N) is 2. The van der Waals surface area contributed by atoms with E-state index in [1.165, 1.54) is 11.1 Å². The zero-order valence-electron chi connectivity index (χ0n) is 10.7. The fourth-order valence-corrected chi connectivity index (χ4v) is 1.60. The van der Waals surface area contributed by atoms with Gasteiger partial charge in [0.25, 0.3) is 0 Å². The summed E-state index contributed by atoms with van der Waals surface area (Å²) in [5, 5.41) is 0. The highest BCUT2D eigenvalue weighted by Gasteiger charge is 2.32. The lowest BCUT2D eigenvalue weighted by Crippen LogP contribution is -2.39. The molecule has 0 unspecified atom stereocenters. The number of nitrogens with two attached hydrogens (primary N) is 1. The van der Waals surface area contributed by atoms with Crippen molar-refractivity contribution in [2.45, 2.75) is 39.0 Å². The second-order valence-corrected chi connectivity index (χ2v) is 4.57. The summed E-state index contributed by atoms with van der Waals surface area (Å²) in [6.07, 6.45) is -2.77. The van der Waals surface area contributed by atoms with Crippen LogP contribution in [0.25, 0.3) is 0 Å². The van der Waals surface area contributed by atoms with Gasteiger partial charge in [-0.3, -0.25) is 0 Å². The van der Waals surface area contributed by atoms with Crippen LogP contribution in [0.1, 0.15) is 32.4 Å². The van der Waals surface area contributed by atoms with Crippen LogP contribution in [0.3, 0.4) is 0 Å². The molecule has 0 amide bonds. The highest BCUT2D eigenvalue weighted by Crippen LogP contribution is 2.24. The minimum atomic E-state index is -4.25. The number of hydrogen-bond donors (Lipinski definition) is 1. The molecule has 0 fully saturated rings. The molecule has 0 aliphatic rings. The quantitative estimate of drug-likeness (QED) is 0.906. The molecule has 102 valence electrons. The van der Waals surface area contributed by atoms with E-state index >= 15 is 0 Å². The molecule has 0 bridgehead atoms. The normalized spacial score (nSPS) is 13.8. The Morgan fingerprint density at radius 2 is 1.94 bits per heavy atom. The molecule has 0 saturated heterocycles. The van der Waals surface area contributed by atoms with Crippen LogP contribution in [0.15, 0.2) is 18.3 Å². The minimum Gasteiger partial charge on any atom is -0.345 e. The molecule has 6 heteroatoms. The van der Waals surface area contributed by atoms with E-state index in [4.69, 9.17) is 5.73 Å². The first kappa shape index (κ1) is 14.8. The molecule has 1 aromatic rings. The van der Waals surface area contributed by atoms with Crippen molar-refractivity contribution < 1.29 is 13.2 Å². The molecule has 1 heterocycles. The smallest absolute Gasteiger partial charge is 0.345 e. The van der Waals surface area contributed by atoms with Crippen molar-refractivity contribution in [1.29, 1.82) is 0 Å². The maximum atomic E-state index is 12.5. The summed E-state index contributed by atoms with van der Waals surface area (Å²) in [4.78, 5) is 5.21. The van der Waals surface area contributed by atoms with Crippen molar-refractivity contribution in [2.24, 2.45) is 5.73 Å². The van der Waals surface area contributed by atoms with E-state index in [2.05, 4.69) is 4.98 Å². The van der Waals surface area contributed by atoms with Gasteiger partial charge in [-0.2, -0.15) is 13.2 Å². The first-order valence-electron chi connectivity index (χ1n) is 5.75. The SMILES string of the molecule is CC(C)N(CC(F)(F)F)c1cc([C@@H](C)N)ccn1. The lowest BCUT2D eigenvalue weighted by atomic mass is 10.1. The van der Waals surface area contributed by atoms with Gasteiger partial charge in [0.05, 0.1) is 0 Å².